The Labute approximate surface area is 151 Å². The van der Waals surface area contributed by atoms with Crippen molar-refractivity contribution < 1.29 is 14.3 Å². The van der Waals surface area contributed by atoms with Crippen molar-refractivity contribution in [2.75, 3.05) is 14.2 Å². The topological polar surface area (TPSA) is 64.2 Å². The van der Waals surface area contributed by atoms with Gasteiger partial charge in [0.05, 0.1) is 25.6 Å². The molecule has 0 fully saturated rings. The molecule has 26 heavy (non-hydrogen) atoms. The molecule has 0 bridgehead atoms. The van der Waals surface area contributed by atoms with Gasteiger partial charge in [-0.15, -0.1) is 0 Å². The van der Waals surface area contributed by atoms with Gasteiger partial charge in [-0.1, -0.05) is 0 Å². The Morgan fingerprint density at radius 1 is 1.00 bits per heavy atom. The first-order valence-corrected chi connectivity index (χ1v) is 8.30. The third-order valence-corrected chi connectivity index (χ3v) is 4.54. The lowest BCUT2D eigenvalue weighted by molar-refractivity contribution is 0.104. The van der Waals surface area contributed by atoms with E-state index in [1.54, 1.807) is 14.2 Å². The molecule has 5 nitrogen and oxygen atoms in total. The largest absolute Gasteiger partial charge is 0.497 e. The highest BCUT2D eigenvalue weighted by atomic mass is 16.5. The molecule has 0 saturated carbocycles. The highest BCUT2D eigenvalue weighted by Crippen LogP contribution is 2.31. The molecule has 130 valence electrons. The molecular formula is C21H18N2O3. The molecule has 0 spiro atoms. The van der Waals surface area contributed by atoms with Crippen molar-refractivity contribution in [3.63, 3.8) is 0 Å². The Bertz CT molecular complexity index is 1000. The first-order chi connectivity index (χ1) is 12.7. The number of aromatic nitrogens is 2. The summed E-state index contributed by atoms with van der Waals surface area (Å²) in [6, 6.07) is 15.2. The maximum absolute atomic E-state index is 12.6. The number of benzene rings is 2. The van der Waals surface area contributed by atoms with Crippen LogP contribution in [0.2, 0.25) is 0 Å². The number of carbonyl (C=O) groups is 1. The number of carbonyl (C=O) groups excluding carboxylic acids is 1. The molecule has 1 aromatic heterocycles. The van der Waals surface area contributed by atoms with Crippen LogP contribution in [-0.4, -0.2) is 30.2 Å². The summed E-state index contributed by atoms with van der Waals surface area (Å²) in [6.07, 6.45) is 2.47. The van der Waals surface area contributed by atoms with Gasteiger partial charge in [0.1, 0.15) is 11.5 Å². The van der Waals surface area contributed by atoms with Gasteiger partial charge < -0.3 is 9.47 Å². The van der Waals surface area contributed by atoms with Crippen LogP contribution in [-0.2, 0) is 6.42 Å². The minimum absolute atomic E-state index is 0.0586. The Morgan fingerprint density at radius 3 is 2.46 bits per heavy atom. The van der Waals surface area contributed by atoms with Crippen LogP contribution in [0.1, 0.15) is 21.6 Å². The molecule has 4 rings (SSSR count). The number of nitrogens with zero attached hydrogens (tertiary/aromatic N) is 1. The van der Waals surface area contributed by atoms with E-state index < -0.39 is 0 Å². The molecule has 1 aliphatic rings. The van der Waals surface area contributed by atoms with Gasteiger partial charge in [-0.05, 0) is 60.2 Å². The van der Waals surface area contributed by atoms with Crippen LogP contribution in [0.25, 0.3) is 17.3 Å². The Balaban J connectivity index is 1.59. The number of methoxy groups -OCH3 is 2. The van der Waals surface area contributed by atoms with Crippen molar-refractivity contribution in [1.29, 1.82) is 0 Å². The van der Waals surface area contributed by atoms with Gasteiger partial charge in [-0.3, -0.25) is 9.89 Å². The standard InChI is InChI=1S/C21H18N2O3/c1-25-17-5-3-13(4-6-17)20-12-16(22-23-20)10-15-9-14-11-18(26-2)7-8-19(14)21(15)24/h3-8,10-12H,9H2,1-2H3,(H,22,23). The average Bonchev–Trinajstić information content (AvgIpc) is 3.27. The SMILES string of the molecule is COc1ccc(-c2cc(C=C3Cc4cc(OC)ccc4C3=O)[nH]n2)cc1. The van der Waals surface area contributed by atoms with Crippen LogP contribution in [0.5, 0.6) is 11.5 Å². The lowest BCUT2D eigenvalue weighted by atomic mass is 10.1. The van der Waals surface area contributed by atoms with Crippen molar-refractivity contribution >= 4 is 11.9 Å². The predicted molar refractivity (Wildman–Crippen MR) is 99.6 cm³/mol. The van der Waals surface area contributed by atoms with E-state index >= 15 is 0 Å². The van der Waals surface area contributed by atoms with E-state index in [1.165, 1.54) is 0 Å². The summed E-state index contributed by atoms with van der Waals surface area (Å²) in [5.74, 6) is 1.63. The fourth-order valence-corrected chi connectivity index (χ4v) is 3.15. The van der Waals surface area contributed by atoms with Gasteiger partial charge in [0.15, 0.2) is 5.78 Å². The van der Waals surface area contributed by atoms with E-state index in [-0.39, 0.29) is 5.78 Å². The molecule has 1 N–H and O–H groups in total. The lowest BCUT2D eigenvalue weighted by Gasteiger charge is -2.01. The van der Waals surface area contributed by atoms with Crippen LogP contribution in [0.3, 0.4) is 0 Å². The number of ether oxygens (including phenoxy) is 2. The second-order valence-electron chi connectivity index (χ2n) is 6.14. The van der Waals surface area contributed by atoms with E-state index in [2.05, 4.69) is 10.2 Å². The Kier molecular flexibility index (Phi) is 4.05. The number of nitrogens with one attached hydrogen (secondary N) is 1. The van der Waals surface area contributed by atoms with Crippen molar-refractivity contribution in [2.45, 2.75) is 6.42 Å². The summed E-state index contributed by atoms with van der Waals surface area (Å²) in [5.41, 5.74) is 5.10. The summed E-state index contributed by atoms with van der Waals surface area (Å²) < 4.78 is 10.4. The number of H-pyrrole nitrogens is 1. The molecule has 1 heterocycles. The molecular weight excluding hydrogens is 328 g/mol. The van der Waals surface area contributed by atoms with E-state index in [9.17, 15) is 4.79 Å². The number of aromatic amines is 1. The lowest BCUT2D eigenvalue weighted by Crippen LogP contribution is -1.95. The number of ketones is 1. The minimum atomic E-state index is 0.0586. The summed E-state index contributed by atoms with van der Waals surface area (Å²) in [7, 11) is 3.26. The molecule has 0 saturated heterocycles. The van der Waals surface area contributed by atoms with Gasteiger partial charge in [0, 0.05) is 23.1 Å². The zero-order valence-corrected chi connectivity index (χ0v) is 14.6. The fraction of sp³-hybridized carbons (Fsp3) is 0.143. The third kappa shape index (κ3) is 2.88. The smallest absolute Gasteiger partial charge is 0.189 e. The van der Waals surface area contributed by atoms with E-state index in [0.717, 1.165) is 45.2 Å². The van der Waals surface area contributed by atoms with Gasteiger partial charge in [0.2, 0.25) is 0 Å². The minimum Gasteiger partial charge on any atom is -0.497 e. The van der Waals surface area contributed by atoms with Gasteiger partial charge in [-0.25, -0.2) is 0 Å². The van der Waals surface area contributed by atoms with E-state index in [1.807, 2.05) is 54.6 Å². The van der Waals surface area contributed by atoms with Crippen LogP contribution in [0.15, 0.2) is 54.1 Å². The summed E-state index contributed by atoms with van der Waals surface area (Å²) in [5, 5.41) is 7.34. The Morgan fingerprint density at radius 2 is 1.73 bits per heavy atom. The highest BCUT2D eigenvalue weighted by Gasteiger charge is 2.25. The normalized spacial score (nSPS) is 14.5. The zero-order valence-electron chi connectivity index (χ0n) is 14.6. The Hall–Kier alpha value is -3.34. The van der Waals surface area contributed by atoms with Crippen molar-refractivity contribution in [1.82, 2.24) is 10.2 Å². The second kappa shape index (κ2) is 6.52. The molecule has 0 atom stereocenters. The fourth-order valence-electron chi connectivity index (χ4n) is 3.15. The highest BCUT2D eigenvalue weighted by molar-refractivity contribution is 6.15. The number of fused-ring (bicyclic) bond motifs is 1. The molecule has 0 aliphatic heterocycles. The molecule has 2 aromatic carbocycles. The monoisotopic (exact) mass is 346 g/mol. The number of hydrogen-bond donors (Lipinski definition) is 1. The zero-order chi connectivity index (χ0) is 18.1. The summed E-state index contributed by atoms with van der Waals surface area (Å²) >= 11 is 0. The maximum atomic E-state index is 12.6. The molecule has 1 aliphatic carbocycles. The summed E-state index contributed by atoms with van der Waals surface area (Å²) in [6.45, 7) is 0. The van der Waals surface area contributed by atoms with Crippen LogP contribution >= 0.6 is 0 Å². The first kappa shape index (κ1) is 16.1. The van der Waals surface area contributed by atoms with Crippen molar-refractivity contribution in [2.24, 2.45) is 0 Å². The van der Waals surface area contributed by atoms with Gasteiger partial charge in [-0.2, -0.15) is 5.10 Å². The number of hydrogen-bond acceptors (Lipinski definition) is 4. The first-order valence-electron chi connectivity index (χ1n) is 8.30. The molecule has 0 radical (unpaired) electrons. The molecule has 3 aromatic rings. The van der Waals surface area contributed by atoms with Crippen molar-refractivity contribution in [3.8, 4) is 22.8 Å². The van der Waals surface area contributed by atoms with Crippen molar-refractivity contribution in [3.05, 3.63) is 70.9 Å². The number of Topliss-reactive ketones (excluding diaryl/α,β-unsaturated/α-hetero) is 1. The van der Waals surface area contributed by atoms with Gasteiger partial charge >= 0.3 is 0 Å². The van der Waals surface area contributed by atoms with Gasteiger partial charge in [0.25, 0.3) is 0 Å². The molecule has 0 unspecified atom stereocenters. The average molecular weight is 346 g/mol. The van der Waals surface area contributed by atoms with E-state index in [0.29, 0.717) is 6.42 Å². The summed E-state index contributed by atoms with van der Waals surface area (Å²) in [4.78, 5) is 12.6. The second-order valence-corrected chi connectivity index (χ2v) is 6.14. The number of allylic oxidation sites excluding steroid dienone is 1. The van der Waals surface area contributed by atoms with Crippen LogP contribution < -0.4 is 9.47 Å². The third-order valence-electron chi connectivity index (χ3n) is 4.54. The van der Waals surface area contributed by atoms with Crippen LogP contribution in [0.4, 0.5) is 0 Å². The van der Waals surface area contributed by atoms with Crippen LogP contribution in [0, 0.1) is 0 Å². The van der Waals surface area contributed by atoms with E-state index in [4.69, 9.17) is 9.47 Å². The molecule has 5 heteroatoms. The number of rotatable bonds is 4. The molecule has 0 amide bonds. The predicted octanol–water partition coefficient (Wildman–Crippen LogP) is 3.92. The quantitative estimate of drug-likeness (QED) is 0.727. The maximum Gasteiger partial charge on any atom is 0.189 e.